The van der Waals surface area contributed by atoms with E-state index >= 15 is 0 Å². The van der Waals surface area contributed by atoms with Crippen molar-refractivity contribution in [3.8, 4) is 0 Å². The lowest BCUT2D eigenvalue weighted by Crippen LogP contribution is -2.12. The number of fused-ring (bicyclic) bond motifs is 1. The molecule has 1 amide bonds. The lowest BCUT2D eigenvalue weighted by Gasteiger charge is -2.07. The second kappa shape index (κ2) is 5.20. The number of aromatic amines is 1. The van der Waals surface area contributed by atoms with Crippen molar-refractivity contribution in [1.82, 2.24) is 9.97 Å². The van der Waals surface area contributed by atoms with E-state index in [0.717, 1.165) is 11.2 Å². The third kappa shape index (κ3) is 2.67. The van der Waals surface area contributed by atoms with Crippen molar-refractivity contribution in [2.75, 3.05) is 5.32 Å². The summed E-state index contributed by atoms with van der Waals surface area (Å²) in [5, 5.41) is 3.32. The van der Waals surface area contributed by atoms with Crippen LogP contribution in [0, 0.1) is 6.92 Å². The predicted molar refractivity (Wildman–Crippen MR) is 81.5 cm³/mol. The minimum atomic E-state index is -0.236. The summed E-state index contributed by atoms with van der Waals surface area (Å²) in [4.78, 5) is 31.0. The number of carbonyl (C=O) groups is 1. The molecular formula is C16H13N3O2. The Labute approximate surface area is 120 Å². The first-order valence-electron chi connectivity index (χ1n) is 6.48. The van der Waals surface area contributed by atoms with Crippen molar-refractivity contribution in [2.24, 2.45) is 0 Å². The summed E-state index contributed by atoms with van der Waals surface area (Å²) in [6.45, 7) is 1.83. The van der Waals surface area contributed by atoms with E-state index in [1.807, 2.05) is 6.92 Å². The molecule has 2 heterocycles. The van der Waals surface area contributed by atoms with E-state index in [2.05, 4.69) is 15.3 Å². The van der Waals surface area contributed by atoms with Gasteiger partial charge in [0, 0.05) is 46.3 Å². The van der Waals surface area contributed by atoms with Gasteiger partial charge >= 0.3 is 0 Å². The molecule has 1 aromatic carbocycles. The average Bonchev–Trinajstić information content (AvgIpc) is 2.48. The maximum Gasteiger partial charge on any atom is 0.255 e. The van der Waals surface area contributed by atoms with Crippen LogP contribution in [0.15, 0.2) is 53.6 Å². The third-order valence-electron chi connectivity index (χ3n) is 3.16. The van der Waals surface area contributed by atoms with Gasteiger partial charge in [-0.3, -0.25) is 14.6 Å². The van der Waals surface area contributed by atoms with Crippen molar-refractivity contribution < 1.29 is 4.79 Å². The lowest BCUT2D eigenvalue weighted by molar-refractivity contribution is 0.102. The third-order valence-corrected chi connectivity index (χ3v) is 3.16. The molecule has 21 heavy (non-hydrogen) atoms. The number of pyridine rings is 2. The topological polar surface area (TPSA) is 74.8 Å². The number of anilines is 1. The Kier molecular flexibility index (Phi) is 3.23. The van der Waals surface area contributed by atoms with E-state index in [0.29, 0.717) is 16.6 Å². The number of nitrogens with one attached hydrogen (secondary N) is 2. The Bertz CT molecular complexity index is 870. The van der Waals surface area contributed by atoms with Crippen LogP contribution in [-0.2, 0) is 0 Å². The number of benzene rings is 1. The summed E-state index contributed by atoms with van der Waals surface area (Å²) in [7, 11) is 0. The van der Waals surface area contributed by atoms with Gasteiger partial charge < -0.3 is 10.3 Å². The highest BCUT2D eigenvalue weighted by Crippen LogP contribution is 2.16. The molecule has 2 aromatic heterocycles. The van der Waals surface area contributed by atoms with Gasteiger partial charge in [0.05, 0.1) is 0 Å². The van der Waals surface area contributed by atoms with Crippen LogP contribution >= 0.6 is 0 Å². The maximum atomic E-state index is 12.1. The van der Waals surface area contributed by atoms with Crippen LogP contribution in [0.25, 0.3) is 10.9 Å². The summed E-state index contributed by atoms with van der Waals surface area (Å²) in [5.41, 5.74) is 2.59. The lowest BCUT2D eigenvalue weighted by atomic mass is 10.1. The zero-order valence-electron chi connectivity index (χ0n) is 11.4. The highest BCUT2D eigenvalue weighted by molar-refractivity contribution is 6.04. The summed E-state index contributed by atoms with van der Waals surface area (Å²) in [6.07, 6.45) is 3.12. The van der Waals surface area contributed by atoms with Crippen LogP contribution in [0.4, 0.5) is 5.69 Å². The van der Waals surface area contributed by atoms with Crippen LogP contribution < -0.4 is 10.7 Å². The fourth-order valence-electron chi connectivity index (χ4n) is 2.16. The quantitative estimate of drug-likeness (QED) is 0.756. The smallest absolute Gasteiger partial charge is 0.255 e. The van der Waals surface area contributed by atoms with E-state index < -0.39 is 0 Å². The van der Waals surface area contributed by atoms with Crippen molar-refractivity contribution in [2.45, 2.75) is 6.92 Å². The molecule has 5 nitrogen and oxygen atoms in total. The molecule has 0 saturated heterocycles. The second-order valence-electron chi connectivity index (χ2n) is 4.77. The Hall–Kier alpha value is -2.95. The van der Waals surface area contributed by atoms with Gasteiger partial charge in [-0.25, -0.2) is 0 Å². The predicted octanol–water partition coefficient (Wildman–Crippen LogP) is 2.48. The molecule has 0 spiro atoms. The van der Waals surface area contributed by atoms with Gasteiger partial charge in [-0.2, -0.15) is 0 Å². The normalized spacial score (nSPS) is 10.5. The zero-order valence-corrected chi connectivity index (χ0v) is 11.4. The highest BCUT2D eigenvalue weighted by Gasteiger charge is 2.07. The molecular weight excluding hydrogens is 266 g/mol. The van der Waals surface area contributed by atoms with E-state index in [9.17, 15) is 9.59 Å². The first-order valence-corrected chi connectivity index (χ1v) is 6.48. The number of H-pyrrole nitrogens is 1. The number of aromatic nitrogens is 2. The number of rotatable bonds is 2. The molecule has 104 valence electrons. The van der Waals surface area contributed by atoms with E-state index in [4.69, 9.17) is 0 Å². The second-order valence-corrected chi connectivity index (χ2v) is 4.77. The van der Waals surface area contributed by atoms with E-state index in [1.165, 1.54) is 6.07 Å². The fourth-order valence-corrected chi connectivity index (χ4v) is 2.16. The van der Waals surface area contributed by atoms with Crippen molar-refractivity contribution in [3.05, 3.63) is 70.3 Å². The molecule has 0 aliphatic heterocycles. The van der Waals surface area contributed by atoms with Crippen molar-refractivity contribution in [3.63, 3.8) is 0 Å². The number of nitrogens with zero attached hydrogens (tertiary/aromatic N) is 1. The van der Waals surface area contributed by atoms with Gasteiger partial charge in [-0.05, 0) is 37.3 Å². The maximum absolute atomic E-state index is 12.1. The number of hydrogen-bond acceptors (Lipinski definition) is 3. The Morgan fingerprint density at radius 3 is 2.67 bits per heavy atom. The van der Waals surface area contributed by atoms with Gasteiger partial charge in [-0.1, -0.05) is 0 Å². The molecule has 0 atom stereocenters. The number of aryl methyl sites for hydroxylation is 1. The molecule has 0 aliphatic carbocycles. The molecule has 0 bridgehead atoms. The highest BCUT2D eigenvalue weighted by atomic mass is 16.1. The standard InChI is InChI=1S/C16H13N3O2/c1-10-8-15(20)13-9-12(2-3-14(13)18-10)19-16(21)11-4-6-17-7-5-11/h2-9H,1H3,(H,18,20)(H,19,21). The molecule has 3 rings (SSSR count). The Morgan fingerprint density at radius 1 is 1.14 bits per heavy atom. The first-order chi connectivity index (χ1) is 10.1. The average molecular weight is 279 g/mol. The van der Waals surface area contributed by atoms with E-state index in [-0.39, 0.29) is 11.3 Å². The number of hydrogen-bond donors (Lipinski definition) is 2. The van der Waals surface area contributed by atoms with Crippen molar-refractivity contribution in [1.29, 1.82) is 0 Å². The monoisotopic (exact) mass is 279 g/mol. The van der Waals surface area contributed by atoms with Gasteiger partial charge in [0.1, 0.15) is 0 Å². The van der Waals surface area contributed by atoms with Gasteiger partial charge in [-0.15, -0.1) is 0 Å². The van der Waals surface area contributed by atoms with Crippen LogP contribution in [0.2, 0.25) is 0 Å². The summed E-state index contributed by atoms with van der Waals surface area (Å²) in [5.74, 6) is -0.236. The molecule has 0 saturated carbocycles. The number of carbonyl (C=O) groups excluding carboxylic acids is 1. The van der Waals surface area contributed by atoms with Crippen LogP contribution in [-0.4, -0.2) is 15.9 Å². The van der Waals surface area contributed by atoms with Gasteiger partial charge in [0.15, 0.2) is 5.43 Å². The minimum absolute atomic E-state index is 0.0683. The SMILES string of the molecule is Cc1cc(=O)c2cc(NC(=O)c3ccncc3)ccc2[nH]1. The van der Waals surface area contributed by atoms with Gasteiger partial charge in [0.25, 0.3) is 5.91 Å². The Balaban J connectivity index is 1.95. The summed E-state index contributed by atoms with van der Waals surface area (Å²) in [6, 6.07) is 10.0. The minimum Gasteiger partial charge on any atom is -0.358 e. The van der Waals surface area contributed by atoms with Crippen molar-refractivity contribution >= 4 is 22.5 Å². The summed E-state index contributed by atoms with van der Waals surface area (Å²) < 4.78 is 0. The Morgan fingerprint density at radius 2 is 1.90 bits per heavy atom. The molecule has 5 heteroatoms. The largest absolute Gasteiger partial charge is 0.358 e. The van der Waals surface area contributed by atoms with E-state index in [1.54, 1.807) is 42.7 Å². The molecule has 0 fully saturated rings. The van der Waals surface area contributed by atoms with Crippen LogP contribution in [0.3, 0.4) is 0 Å². The molecule has 0 aliphatic rings. The number of amides is 1. The fraction of sp³-hybridized carbons (Fsp3) is 0.0625. The molecule has 2 N–H and O–H groups in total. The first kappa shape index (κ1) is 13.1. The van der Waals surface area contributed by atoms with Crippen LogP contribution in [0.1, 0.15) is 16.1 Å². The molecule has 0 radical (unpaired) electrons. The van der Waals surface area contributed by atoms with Gasteiger partial charge in [0.2, 0.25) is 0 Å². The molecule has 3 aromatic rings. The summed E-state index contributed by atoms with van der Waals surface area (Å²) >= 11 is 0. The zero-order chi connectivity index (χ0) is 14.8. The molecule has 0 unspecified atom stereocenters. The van der Waals surface area contributed by atoms with Crippen LogP contribution in [0.5, 0.6) is 0 Å².